The van der Waals surface area contributed by atoms with Crippen molar-refractivity contribution in [3.8, 4) is 0 Å². The summed E-state index contributed by atoms with van der Waals surface area (Å²) in [5, 5.41) is 5.88. The molecule has 0 spiro atoms. The molecule has 96 valence electrons. The Morgan fingerprint density at radius 2 is 2.41 bits per heavy atom. The monoisotopic (exact) mass is 253 g/mol. The first-order valence-corrected chi connectivity index (χ1v) is 7.50. The largest absolute Gasteiger partial charge is 0.381 e. The molecule has 0 aliphatic carbocycles. The summed E-state index contributed by atoms with van der Waals surface area (Å²) in [5.74, 6) is 1.34. The van der Waals surface area contributed by atoms with E-state index < -0.39 is 0 Å². The molecule has 0 saturated carbocycles. The highest BCUT2D eigenvalue weighted by Gasteiger charge is 2.19. The van der Waals surface area contributed by atoms with Crippen molar-refractivity contribution >= 4 is 11.3 Å². The van der Waals surface area contributed by atoms with Crippen LogP contribution in [0.4, 0.5) is 0 Å². The van der Waals surface area contributed by atoms with Crippen LogP contribution < -0.4 is 5.32 Å². The van der Waals surface area contributed by atoms with Crippen molar-refractivity contribution in [3.05, 3.63) is 22.4 Å². The van der Waals surface area contributed by atoms with Crippen LogP contribution >= 0.6 is 11.3 Å². The van der Waals surface area contributed by atoms with Crippen molar-refractivity contribution in [1.29, 1.82) is 0 Å². The molecule has 1 aromatic heterocycles. The third-order valence-electron chi connectivity index (χ3n) is 3.40. The molecule has 2 heterocycles. The molecular formula is C14H23NOS. The van der Waals surface area contributed by atoms with Crippen LogP contribution in [-0.4, -0.2) is 19.8 Å². The highest BCUT2D eigenvalue weighted by Crippen LogP contribution is 2.26. The number of hydrogen-bond donors (Lipinski definition) is 1. The smallest absolute Gasteiger partial charge is 0.0506 e. The van der Waals surface area contributed by atoms with E-state index >= 15 is 0 Å². The molecular weight excluding hydrogens is 230 g/mol. The van der Waals surface area contributed by atoms with Gasteiger partial charge in [-0.1, -0.05) is 19.9 Å². The van der Waals surface area contributed by atoms with Gasteiger partial charge in [0, 0.05) is 24.1 Å². The van der Waals surface area contributed by atoms with Crippen molar-refractivity contribution in [1.82, 2.24) is 5.32 Å². The number of nitrogens with one attached hydrogen (secondary N) is 1. The van der Waals surface area contributed by atoms with Gasteiger partial charge >= 0.3 is 0 Å². The van der Waals surface area contributed by atoms with Gasteiger partial charge in [-0.05, 0) is 36.1 Å². The highest BCUT2D eigenvalue weighted by molar-refractivity contribution is 7.10. The maximum atomic E-state index is 5.53. The molecule has 2 nitrogen and oxygen atoms in total. The summed E-state index contributed by atoms with van der Waals surface area (Å²) in [4.78, 5) is 1.46. The quantitative estimate of drug-likeness (QED) is 0.867. The molecule has 0 bridgehead atoms. The van der Waals surface area contributed by atoms with E-state index in [4.69, 9.17) is 4.74 Å². The van der Waals surface area contributed by atoms with Crippen LogP contribution in [0.2, 0.25) is 0 Å². The van der Waals surface area contributed by atoms with Gasteiger partial charge in [0.05, 0.1) is 6.61 Å². The lowest BCUT2D eigenvalue weighted by atomic mass is 9.99. The predicted molar refractivity (Wildman–Crippen MR) is 73.4 cm³/mol. The summed E-state index contributed by atoms with van der Waals surface area (Å²) in [6.07, 6.45) is 2.53. The second-order valence-corrected chi connectivity index (χ2v) is 6.21. The minimum absolute atomic E-state index is 0.497. The fourth-order valence-corrected chi connectivity index (χ4v) is 3.37. The summed E-state index contributed by atoms with van der Waals surface area (Å²) in [6, 6.07) is 4.87. The minimum Gasteiger partial charge on any atom is -0.381 e. The van der Waals surface area contributed by atoms with Crippen molar-refractivity contribution in [3.63, 3.8) is 0 Å². The topological polar surface area (TPSA) is 21.3 Å². The zero-order valence-corrected chi connectivity index (χ0v) is 11.6. The fraction of sp³-hybridized carbons (Fsp3) is 0.714. The normalized spacial score (nSPS) is 22.9. The van der Waals surface area contributed by atoms with Gasteiger partial charge in [0.2, 0.25) is 0 Å². The Balaban J connectivity index is 1.85. The van der Waals surface area contributed by atoms with E-state index in [2.05, 4.69) is 36.7 Å². The molecule has 0 amide bonds. The lowest BCUT2D eigenvalue weighted by Gasteiger charge is -2.27. The van der Waals surface area contributed by atoms with Crippen LogP contribution in [0.25, 0.3) is 0 Å². The molecule has 1 fully saturated rings. The van der Waals surface area contributed by atoms with E-state index in [0.29, 0.717) is 17.9 Å². The van der Waals surface area contributed by atoms with Gasteiger partial charge in [-0.25, -0.2) is 0 Å². The Bertz CT molecular complexity index is 304. The average Bonchev–Trinajstić information content (AvgIpc) is 2.84. The molecule has 3 heteroatoms. The van der Waals surface area contributed by atoms with Gasteiger partial charge in [0.15, 0.2) is 0 Å². The molecule has 1 aliphatic heterocycles. The Kier molecular flexibility index (Phi) is 5.01. The first kappa shape index (κ1) is 13.1. The lowest BCUT2D eigenvalue weighted by molar-refractivity contribution is 0.0532. The molecule has 0 radical (unpaired) electrons. The van der Waals surface area contributed by atoms with Gasteiger partial charge in [-0.3, -0.25) is 0 Å². The molecule has 0 aromatic carbocycles. The highest BCUT2D eigenvalue weighted by atomic mass is 32.1. The SMILES string of the molecule is CC(C)C(NCC1CCCOC1)c1cccs1. The van der Waals surface area contributed by atoms with E-state index in [0.717, 1.165) is 19.8 Å². The van der Waals surface area contributed by atoms with Crippen LogP contribution in [0.5, 0.6) is 0 Å². The van der Waals surface area contributed by atoms with Crippen LogP contribution in [0.15, 0.2) is 17.5 Å². The molecule has 2 atom stereocenters. The maximum absolute atomic E-state index is 5.53. The van der Waals surface area contributed by atoms with E-state index in [1.165, 1.54) is 17.7 Å². The van der Waals surface area contributed by atoms with Gasteiger partial charge < -0.3 is 10.1 Å². The molecule has 17 heavy (non-hydrogen) atoms. The zero-order chi connectivity index (χ0) is 12.1. The van der Waals surface area contributed by atoms with Crippen molar-refractivity contribution < 1.29 is 4.74 Å². The first-order chi connectivity index (χ1) is 8.27. The summed E-state index contributed by atoms with van der Waals surface area (Å²) < 4.78 is 5.53. The summed E-state index contributed by atoms with van der Waals surface area (Å²) in [7, 11) is 0. The van der Waals surface area contributed by atoms with E-state index in [1.54, 1.807) is 0 Å². The Hall–Kier alpha value is -0.380. The standard InChI is InChI=1S/C14H23NOS/c1-11(2)14(13-6-4-8-17-13)15-9-12-5-3-7-16-10-12/h4,6,8,11-12,14-15H,3,5,7,9-10H2,1-2H3. The van der Waals surface area contributed by atoms with Crippen molar-refractivity contribution in [2.24, 2.45) is 11.8 Å². The Labute approximate surface area is 108 Å². The molecule has 1 aliphatic rings. The second-order valence-electron chi connectivity index (χ2n) is 5.23. The predicted octanol–water partition coefficient (Wildman–Crippen LogP) is 3.46. The summed E-state index contributed by atoms with van der Waals surface area (Å²) >= 11 is 1.85. The van der Waals surface area contributed by atoms with Gasteiger partial charge in [-0.15, -0.1) is 11.3 Å². The number of thiophene rings is 1. The lowest BCUT2D eigenvalue weighted by Crippen LogP contribution is -2.33. The minimum atomic E-state index is 0.497. The van der Waals surface area contributed by atoms with E-state index in [1.807, 2.05) is 11.3 Å². The molecule has 1 N–H and O–H groups in total. The second kappa shape index (κ2) is 6.53. The summed E-state index contributed by atoms with van der Waals surface area (Å²) in [6.45, 7) is 7.54. The summed E-state index contributed by atoms with van der Waals surface area (Å²) in [5.41, 5.74) is 0. The number of rotatable bonds is 5. The molecule has 2 unspecified atom stereocenters. The van der Waals surface area contributed by atoms with Crippen molar-refractivity contribution in [2.45, 2.75) is 32.7 Å². The van der Waals surface area contributed by atoms with Gasteiger partial charge in [0.25, 0.3) is 0 Å². The maximum Gasteiger partial charge on any atom is 0.0506 e. The van der Waals surface area contributed by atoms with Crippen LogP contribution in [-0.2, 0) is 4.74 Å². The van der Waals surface area contributed by atoms with Crippen molar-refractivity contribution in [2.75, 3.05) is 19.8 Å². The molecule has 1 saturated heterocycles. The Morgan fingerprint density at radius 3 is 3.00 bits per heavy atom. The van der Waals surface area contributed by atoms with Gasteiger partial charge in [0.1, 0.15) is 0 Å². The fourth-order valence-electron chi connectivity index (χ4n) is 2.40. The third-order valence-corrected chi connectivity index (χ3v) is 4.35. The molecule has 2 rings (SSSR count). The van der Waals surface area contributed by atoms with Crippen LogP contribution in [0.1, 0.15) is 37.6 Å². The first-order valence-electron chi connectivity index (χ1n) is 6.62. The molecule has 1 aromatic rings. The zero-order valence-electron chi connectivity index (χ0n) is 10.8. The van der Waals surface area contributed by atoms with E-state index in [-0.39, 0.29) is 0 Å². The third kappa shape index (κ3) is 3.80. The number of hydrogen-bond acceptors (Lipinski definition) is 3. The Morgan fingerprint density at radius 1 is 1.53 bits per heavy atom. The average molecular weight is 253 g/mol. The van der Waals surface area contributed by atoms with Crippen LogP contribution in [0.3, 0.4) is 0 Å². The van der Waals surface area contributed by atoms with Gasteiger partial charge in [-0.2, -0.15) is 0 Å². The number of ether oxygens (including phenoxy) is 1. The van der Waals surface area contributed by atoms with E-state index in [9.17, 15) is 0 Å². The van der Waals surface area contributed by atoms with Crippen LogP contribution in [0, 0.1) is 11.8 Å².